The van der Waals surface area contributed by atoms with Crippen molar-refractivity contribution in [3.05, 3.63) is 52.4 Å². The first-order valence-corrected chi connectivity index (χ1v) is 11.7. The molecule has 4 aliphatic rings. The van der Waals surface area contributed by atoms with Crippen LogP contribution in [0.1, 0.15) is 71.9 Å². The predicted octanol–water partition coefficient (Wildman–Crippen LogP) is 3.53. The van der Waals surface area contributed by atoms with Crippen LogP contribution in [-0.4, -0.2) is 51.7 Å². The van der Waals surface area contributed by atoms with Crippen molar-refractivity contribution in [1.29, 1.82) is 0 Å². The van der Waals surface area contributed by atoms with Crippen LogP contribution in [0.3, 0.4) is 0 Å². The molecule has 0 radical (unpaired) electrons. The molecule has 1 spiro atoms. The Hall–Kier alpha value is -2.81. The van der Waals surface area contributed by atoms with Crippen LogP contribution in [0, 0.1) is 11.6 Å². The maximum atomic E-state index is 13.8. The fraction of sp³-hybridized carbons (Fsp3) is 0.542. The Morgan fingerprint density at radius 3 is 2.55 bits per heavy atom. The minimum atomic E-state index is -0.991. The monoisotopic (exact) mass is 457 g/mol. The van der Waals surface area contributed by atoms with Gasteiger partial charge in [-0.15, -0.1) is 0 Å². The fourth-order valence-electron chi connectivity index (χ4n) is 5.91. The third kappa shape index (κ3) is 3.27. The van der Waals surface area contributed by atoms with Crippen LogP contribution in [0.25, 0.3) is 0 Å². The van der Waals surface area contributed by atoms with Gasteiger partial charge in [-0.05, 0) is 49.8 Å². The highest BCUT2D eigenvalue weighted by Gasteiger charge is 2.58. The zero-order chi connectivity index (χ0) is 22.7. The zero-order valence-corrected chi connectivity index (χ0v) is 18.2. The number of amides is 2. The van der Waals surface area contributed by atoms with Crippen molar-refractivity contribution < 1.29 is 27.6 Å². The molecule has 2 aromatic rings. The Balaban J connectivity index is 1.18. The summed E-state index contributed by atoms with van der Waals surface area (Å²) in [5, 5.41) is 4.05. The maximum absolute atomic E-state index is 13.8. The van der Waals surface area contributed by atoms with Gasteiger partial charge in [0.05, 0.1) is 6.04 Å². The molecule has 6 rings (SSSR count). The van der Waals surface area contributed by atoms with Gasteiger partial charge in [0.1, 0.15) is 23.6 Å². The number of hydrogen-bond donors (Lipinski definition) is 0. The van der Waals surface area contributed by atoms with E-state index in [-0.39, 0.29) is 11.8 Å². The van der Waals surface area contributed by atoms with Gasteiger partial charge in [0, 0.05) is 44.0 Å². The number of aryl methyl sites for hydroxylation is 1. The van der Waals surface area contributed by atoms with Crippen molar-refractivity contribution in [3.8, 4) is 0 Å². The molecule has 3 aliphatic heterocycles. The lowest BCUT2D eigenvalue weighted by Gasteiger charge is -2.37. The molecule has 1 aromatic heterocycles. The summed E-state index contributed by atoms with van der Waals surface area (Å²) >= 11 is 0. The van der Waals surface area contributed by atoms with Gasteiger partial charge >= 0.3 is 0 Å². The number of nitrogens with zero attached hydrogens (tertiary/aromatic N) is 3. The minimum absolute atomic E-state index is 0.148. The van der Waals surface area contributed by atoms with Crippen LogP contribution in [0.2, 0.25) is 0 Å². The largest absolute Gasteiger partial charge is 0.360 e. The van der Waals surface area contributed by atoms with E-state index >= 15 is 0 Å². The van der Waals surface area contributed by atoms with Crippen LogP contribution in [0.4, 0.5) is 8.78 Å². The van der Waals surface area contributed by atoms with Crippen LogP contribution in [0.5, 0.6) is 0 Å². The molecule has 0 bridgehead atoms. The van der Waals surface area contributed by atoms with E-state index in [1.165, 1.54) is 12.1 Å². The number of carbonyl (C=O) groups is 2. The van der Waals surface area contributed by atoms with E-state index in [1.54, 1.807) is 9.80 Å². The number of likely N-dealkylation sites (tertiary alicyclic amines) is 1. The number of ether oxygens (including phenoxy) is 1. The third-order valence-electron chi connectivity index (χ3n) is 7.60. The molecule has 0 N–H and O–H groups in total. The molecular weight excluding hydrogens is 432 g/mol. The van der Waals surface area contributed by atoms with Crippen molar-refractivity contribution in [3.63, 3.8) is 0 Å². The Labute approximate surface area is 189 Å². The van der Waals surface area contributed by atoms with Gasteiger partial charge in [0.15, 0.2) is 11.3 Å². The molecule has 4 heterocycles. The highest BCUT2D eigenvalue weighted by atomic mass is 19.1. The summed E-state index contributed by atoms with van der Waals surface area (Å²) < 4.78 is 39.2. The van der Waals surface area contributed by atoms with Crippen molar-refractivity contribution >= 4 is 11.8 Å². The molecule has 9 heteroatoms. The molecule has 33 heavy (non-hydrogen) atoms. The van der Waals surface area contributed by atoms with E-state index in [0.717, 1.165) is 43.1 Å². The van der Waals surface area contributed by atoms with Crippen LogP contribution in [-0.2, 0) is 22.4 Å². The normalized spacial score (nSPS) is 26.1. The first kappa shape index (κ1) is 20.8. The van der Waals surface area contributed by atoms with Crippen molar-refractivity contribution in [1.82, 2.24) is 15.0 Å². The molecule has 0 saturated carbocycles. The van der Waals surface area contributed by atoms with Crippen molar-refractivity contribution in [2.75, 3.05) is 13.1 Å². The highest BCUT2D eigenvalue weighted by molar-refractivity contribution is 5.94. The summed E-state index contributed by atoms with van der Waals surface area (Å²) in [5.41, 5.74) is 0.779. The lowest BCUT2D eigenvalue weighted by molar-refractivity contribution is -0.142. The molecule has 3 saturated heterocycles. The molecule has 3 fully saturated rings. The molecule has 1 aromatic carbocycles. The van der Waals surface area contributed by atoms with Crippen LogP contribution < -0.4 is 0 Å². The van der Waals surface area contributed by atoms with E-state index < -0.39 is 29.5 Å². The molecule has 174 valence electrons. The maximum Gasteiger partial charge on any atom is 0.276 e. The van der Waals surface area contributed by atoms with Gasteiger partial charge in [-0.25, -0.2) is 8.78 Å². The van der Waals surface area contributed by atoms with Gasteiger partial charge in [-0.1, -0.05) is 5.16 Å². The Kier molecular flexibility index (Phi) is 4.79. The van der Waals surface area contributed by atoms with Gasteiger partial charge < -0.3 is 19.1 Å². The van der Waals surface area contributed by atoms with Crippen LogP contribution in [0.15, 0.2) is 22.7 Å². The molecule has 2 amide bonds. The lowest BCUT2D eigenvalue weighted by Crippen LogP contribution is -2.51. The summed E-state index contributed by atoms with van der Waals surface area (Å²) in [6.45, 7) is 0.762. The second-order valence-electron chi connectivity index (χ2n) is 9.51. The lowest BCUT2D eigenvalue weighted by atomic mass is 9.89. The number of halogens is 2. The summed E-state index contributed by atoms with van der Waals surface area (Å²) in [6, 6.07) is 2.99. The van der Waals surface area contributed by atoms with Gasteiger partial charge in [-0.3, -0.25) is 9.59 Å². The number of fused-ring (bicyclic) bond motifs is 2. The van der Waals surface area contributed by atoms with Gasteiger partial charge in [0.25, 0.3) is 11.8 Å². The number of piperidine rings is 1. The summed E-state index contributed by atoms with van der Waals surface area (Å²) in [4.78, 5) is 30.0. The van der Waals surface area contributed by atoms with E-state index in [4.69, 9.17) is 9.26 Å². The number of rotatable bonds is 2. The average molecular weight is 457 g/mol. The molecular formula is C24H25F2N3O4. The average Bonchev–Trinajstić information content (AvgIpc) is 3.48. The molecule has 1 aliphatic carbocycles. The molecule has 2 atom stereocenters. The Morgan fingerprint density at radius 1 is 1.06 bits per heavy atom. The second kappa shape index (κ2) is 7.62. The Morgan fingerprint density at radius 2 is 1.79 bits per heavy atom. The zero-order valence-electron chi connectivity index (χ0n) is 18.2. The first-order chi connectivity index (χ1) is 15.9. The summed E-state index contributed by atoms with van der Waals surface area (Å²) in [5.74, 6) is -0.801. The van der Waals surface area contributed by atoms with E-state index in [1.807, 2.05) is 0 Å². The number of carbonyl (C=O) groups excluding carboxylic acids is 2. The van der Waals surface area contributed by atoms with E-state index in [9.17, 15) is 18.4 Å². The van der Waals surface area contributed by atoms with E-state index in [0.29, 0.717) is 50.0 Å². The molecule has 2 unspecified atom stereocenters. The third-order valence-corrected chi connectivity index (χ3v) is 7.60. The summed E-state index contributed by atoms with van der Waals surface area (Å²) in [7, 11) is 0. The van der Waals surface area contributed by atoms with Crippen LogP contribution >= 0.6 is 0 Å². The van der Waals surface area contributed by atoms with Crippen molar-refractivity contribution in [2.45, 2.75) is 69.2 Å². The second-order valence-corrected chi connectivity index (χ2v) is 9.51. The van der Waals surface area contributed by atoms with Gasteiger partial charge in [-0.2, -0.15) is 0 Å². The van der Waals surface area contributed by atoms with Crippen molar-refractivity contribution in [2.24, 2.45) is 0 Å². The smallest absolute Gasteiger partial charge is 0.276 e. The number of hydrogen-bond acceptors (Lipinski definition) is 5. The molecule has 7 nitrogen and oxygen atoms in total. The quantitative estimate of drug-likeness (QED) is 0.690. The SMILES string of the molecule is O=C(c1noc2c1CCCC2)N1CCC2(CC1)OC1CCC(c3cc(F)cc(F)c3)N1C2=O. The highest BCUT2D eigenvalue weighted by Crippen LogP contribution is 2.48. The minimum Gasteiger partial charge on any atom is -0.360 e. The predicted molar refractivity (Wildman–Crippen MR) is 111 cm³/mol. The standard InChI is InChI=1S/C24H25F2N3O4/c25-15-11-14(12-16(26)13-15)18-5-6-20-29(18)23(31)24(32-20)7-9-28(10-8-24)22(30)21-17-3-1-2-4-19(17)33-27-21/h11-13,18,20H,1-10H2. The van der Waals surface area contributed by atoms with Gasteiger partial charge in [0.2, 0.25) is 0 Å². The summed E-state index contributed by atoms with van der Waals surface area (Å²) in [6.07, 6.45) is 5.26. The van der Waals surface area contributed by atoms with E-state index in [2.05, 4.69) is 5.16 Å². The Bertz CT molecular complexity index is 1100. The first-order valence-electron chi connectivity index (χ1n) is 11.7. The number of benzene rings is 1. The number of aromatic nitrogens is 1. The topological polar surface area (TPSA) is 75.9 Å². The fourth-order valence-corrected chi connectivity index (χ4v) is 5.91.